The fourth-order valence-electron chi connectivity index (χ4n) is 6.08. The Bertz CT molecular complexity index is 1460. The number of H-pyrrole nitrogens is 1. The van der Waals surface area contributed by atoms with Crippen LogP contribution in [0.5, 0.6) is 0 Å². The molecule has 2 amide bonds. The van der Waals surface area contributed by atoms with E-state index in [4.69, 9.17) is 5.73 Å². The third-order valence-corrected chi connectivity index (χ3v) is 7.94. The molecule has 4 aromatic rings. The van der Waals surface area contributed by atoms with Crippen LogP contribution in [0.1, 0.15) is 44.2 Å². The summed E-state index contributed by atoms with van der Waals surface area (Å²) in [4.78, 5) is 31.3. The molecule has 1 aliphatic carbocycles. The summed E-state index contributed by atoms with van der Waals surface area (Å²) >= 11 is 0. The van der Waals surface area contributed by atoms with E-state index in [1.54, 1.807) is 48.5 Å². The summed E-state index contributed by atoms with van der Waals surface area (Å²) < 4.78 is 0. The lowest BCUT2D eigenvalue weighted by Gasteiger charge is -2.45. The van der Waals surface area contributed by atoms with E-state index in [1.165, 1.54) is 22.0 Å². The fourth-order valence-corrected chi connectivity index (χ4v) is 6.08. The van der Waals surface area contributed by atoms with Crippen molar-refractivity contribution in [1.82, 2.24) is 15.2 Å². The molecule has 6 rings (SSSR count). The number of benzene rings is 3. The second kappa shape index (κ2) is 9.41. The largest absolute Gasteiger partial charge is 0.399 e. The number of piperidine rings is 1. The van der Waals surface area contributed by atoms with Crippen LogP contribution in [-0.4, -0.2) is 47.9 Å². The van der Waals surface area contributed by atoms with Crippen molar-refractivity contribution < 1.29 is 9.59 Å². The van der Waals surface area contributed by atoms with Crippen LogP contribution in [-0.2, 0) is 6.42 Å². The molecule has 188 valence electrons. The van der Waals surface area contributed by atoms with Crippen LogP contribution in [0, 0.1) is 5.92 Å². The first-order valence-electron chi connectivity index (χ1n) is 12.8. The first kappa shape index (κ1) is 23.3. The first-order valence-corrected chi connectivity index (χ1v) is 12.8. The summed E-state index contributed by atoms with van der Waals surface area (Å²) in [5.41, 5.74) is 12.1. The van der Waals surface area contributed by atoms with Gasteiger partial charge >= 0.3 is 0 Å². The third-order valence-electron chi connectivity index (χ3n) is 7.94. The number of carbonyl (C=O) groups excluding carboxylic acids is 2. The fraction of sp³-hybridized carbons (Fsp3) is 0.267. The number of likely N-dealkylation sites (tertiary alicyclic amines) is 1. The molecule has 1 aromatic heterocycles. The van der Waals surface area contributed by atoms with Gasteiger partial charge in [-0.05, 0) is 91.5 Å². The number of hydrogen-bond donors (Lipinski definition) is 4. The quantitative estimate of drug-likeness (QED) is 0.310. The zero-order chi connectivity index (χ0) is 25.5. The van der Waals surface area contributed by atoms with E-state index in [2.05, 4.69) is 52.0 Å². The van der Waals surface area contributed by atoms with Gasteiger partial charge in [0.25, 0.3) is 11.8 Å². The van der Waals surface area contributed by atoms with E-state index < -0.39 is 0 Å². The van der Waals surface area contributed by atoms with E-state index in [1.807, 2.05) is 0 Å². The molecule has 3 atom stereocenters. The number of fused-ring (bicyclic) bond motifs is 2. The number of likely N-dealkylation sites (N-methyl/N-ethyl adjacent to an activating group) is 1. The second-order valence-electron chi connectivity index (χ2n) is 10.4. The molecule has 1 fully saturated rings. The van der Waals surface area contributed by atoms with Crippen LogP contribution in [0.25, 0.3) is 10.9 Å². The highest BCUT2D eigenvalue weighted by molar-refractivity contribution is 6.05. The minimum Gasteiger partial charge on any atom is -0.399 e. The number of nitrogen functional groups attached to an aromatic ring is 1. The second-order valence-corrected chi connectivity index (χ2v) is 10.4. The number of aromatic amines is 1. The Kier molecular flexibility index (Phi) is 5.93. The Labute approximate surface area is 216 Å². The van der Waals surface area contributed by atoms with E-state index in [-0.39, 0.29) is 11.8 Å². The summed E-state index contributed by atoms with van der Waals surface area (Å²) in [7, 11) is 2.21. The van der Waals surface area contributed by atoms with E-state index >= 15 is 0 Å². The highest BCUT2D eigenvalue weighted by Gasteiger charge is 2.39. The molecule has 0 bridgehead atoms. The number of carbonyl (C=O) groups is 2. The van der Waals surface area contributed by atoms with Crippen LogP contribution >= 0.6 is 0 Å². The van der Waals surface area contributed by atoms with Gasteiger partial charge in [0.05, 0.1) is 0 Å². The highest BCUT2D eigenvalue weighted by atomic mass is 16.2. The number of nitrogens with zero attached hydrogens (tertiary/aromatic N) is 1. The van der Waals surface area contributed by atoms with Crippen LogP contribution < -0.4 is 16.4 Å². The average Bonchev–Trinajstić information content (AvgIpc) is 3.33. The monoisotopic (exact) mass is 493 g/mol. The number of amides is 2. The lowest BCUT2D eigenvalue weighted by atomic mass is 9.72. The number of aromatic nitrogens is 1. The first-order chi connectivity index (χ1) is 18.0. The van der Waals surface area contributed by atoms with Crippen molar-refractivity contribution in [2.24, 2.45) is 5.92 Å². The zero-order valence-electron chi connectivity index (χ0n) is 20.8. The Morgan fingerprint density at radius 1 is 1.00 bits per heavy atom. The lowest BCUT2D eigenvalue weighted by molar-refractivity contribution is 0.0890. The summed E-state index contributed by atoms with van der Waals surface area (Å²) in [5.74, 6) is 0.487. The molecule has 3 unspecified atom stereocenters. The molecule has 1 saturated heterocycles. The van der Waals surface area contributed by atoms with Crippen molar-refractivity contribution in [2.45, 2.75) is 24.8 Å². The Balaban J connectivity index is 1.08. The van der Waals surface area contributed by atoms with Gasteiger partial charge in [0, 0.05) is 64.7 Å². The molecule has 7 heteroatoms. The summed E-state index contributed by atoms with van der Waals surface area (Å²) in [6.07, 6.45) is 4.29. The predicted molar refractivity (Wildman–Crippen MR) is 147 cm³/mol. The third kappa shape index (κ3) is 4.47. The maximum absolute atomic E-state index is 12.9. The molecule has 0 spiro atoms. The minimum absolute atomic E-state index is 0.117. The van der Waals surface area contributed by atoms with Gasteiger partial charge in [-0.3, -0.25) is 9.59 Å². The van der Waals surface area contributed by atoms with Crippen molar-refractivity contribution in [3.63, 3.8) is 0 Å². The predicted octanol–water partition coefficient (Wildman–Crippen LogP) is 4.39. The summed E-state index contributed by atoms with van der Waals surface area (Å²) in [6, 6.07) is 20.8. The van der Waals surface area contributed by atoms with Gasteiger partial charge < -0.3 is 26.3 Å². The van der Waals surface area contributed by atoms with Gasteiger partial charge in [-0.15, -0.1) is 0 Å². The molecule has 37 heavy (non-hydrogen) atoms. The molecule has 3 aromatic carbocycles. The molecule has 1 aliphatic heterocycles. The SMILES string of the molecule is CN1CC(CNC(=O)c2ccc(C(=O)Nc3ccc(N)cc3)cc2)CC2c3cccc4[nH]cc(c34)CC21. The number of anilines is 2. The van der Waals surface area contributed by atoms with Gasteiger partial charge in [0.2, 0.25) is 0 Å². The smallest absolute Gasteiger partial charge is 0.255 e. The van der Waals surface area contributed by atoms with Crippen molar-refractivity contribution in [3.8, 4) is 0 Å². The maximum Gasteiger partial charge on any atom is 0.255 e. The van der Waals surface area contributed by atoms with E-state index in [0.717, 1.165) is 19.4 Å². The highest BCUT2D eigenvalue weighted by Crippen LogP contribution is 2.44. The van der Waals surface area contributed by atoms with Crippen molar-refractivity contribution in [3.05, 3.63) is 95.2 Å². The Hall–Kier alpha value is -4.10. The molecule has 0 radical (unpaired) electrons. The van der Waals surface area contributed by atoms with Crippen LogP contribution in [0.3, 0.4) is 0 Å². The number of nitrogens with one attached hydrogen (secondary N) is 3. The van der Waals surface area contributed by atoms with Crippen molar-refractivity contribution in [2.75, 3.05) is 31.2 Å². The van der Waals surface area contributed by atoms with Crippen LogP contribution in [0.2, 0.25) is 0 Å². The van der Waals surface area contributed by atoms with Gasteiger partial charge in [0.1, 0.15) is 0 Å². The topological polar surface area (TPSA) is 103 Å². The Morgan fingerprint density at radius 3 is 2.49 bits per heavy atom. The minimum atomic E-state index is -0.232. The van der Waals surface area contributed by atoms with Crippen molar-refractivity contribution in [1.29, 1.82) is 0 Å². The number of rotatable bonds is 5. The van der Waals surface area contributed by atoms with Crippen molar-refractivity contribution >= 4 is 34.1 Å². The van der Waals surface area contributed by atoms with Crippen LogP contribution in [0.15, 0.2) is 72.9 Å². The number of nitrogens with two attached hydrogens (primary N) is 1. The normalized spacial score (nSPS) is 20.8. The van der Waals surface area contributed by atoms with E-state index in [0.29, 0.717) is 46.9 Å². The molecule has 0 saturated carbocycles. The molecule has 2 aliphatic rings. The molecule has 2 heterocycles. The molecule has 5 N–H and O–H groups in total. The van der Waals surface area contributed by atoms with E-state index in [9.17, 15) is 9.59 Å². The summed E-state index contributed by atoms with van der Waals surface area (Å²) in [5, 5.41) is 7.36. The zero-order valence-corrected chi connectivity index (χ0v) is 20.8. The molecular weight excluding hydrogens is 462 g/mol. The lowest BCUT2D eigenvalue weighted by Crippen LogP contribution is -2.50. The van der Waals surface area contributed by atoms with Gasteiger partial charge in [-0.25, -0.2) is 0 Å². The average molecular weight is 494 g/mol. The molecular formula is C30H31N5O2. The van der Waals surface area contributed by atoms with Gasteiger partial charge in [-0.1, -0.05) is 12.1 Å². The maximum atomic E-state index is 12.9. The summed E-state index contributed by atoms with van der Waals surface area (Å²) in [6.45, 7) is 1.59. The molecule has 7 nitrogen and oxygen atoms in total. The van der Waals surface area contributed by atoms with Crippen LogP contribution in [0.4, 0.5) is 11.4 Å². The number of hydrogen-bond acceptors (Lipinski definition) is 4. The van der Waals surface area contributed by atoms with Gasteiger partial charge in [-0.2, -0.15) is 0 Å². The standard InChI is InChI=1S/C30H31N5O2/c1-35-17-18(13-25-24-3-2-4-26-28(24)21(16-32-26)14-27(25)35)15-33-29(36)19-5-7-20(8-6-19)30(37)34-23-11-9-22(31)10-12-23/h2-12,16,18,25,27,32H,13-15,17,31H2,1H3,(H,33,36)(H,34,37). The van der Waals surface area contributed by atoms with Gasteiger partial charge in [0.15, 0.2) is 0 Å². The Morgan fingerprint density at radius 2 is 1.73 bits per heavy atom.